The minimum absolute atomic E-state index is 0.0660. The van der Waals surface area contributed by atoms with E-state index in [1.165, 1.54) is 9.80 Å². The number of likely N-dealkylation sites (tertiary alicyclic amines) is 1. The van der Waals surface area contributed by atoms with Crippen LogP contribution in [-0.2, 0) is 24.3 Å². The zero-order chi connectivity index (χ0) is 35.0. The van der Waals surface area contributed by atoms with Crippen molar-refractivity contribution in [2.24, 2.45) is 11.3 Å². The van der Waals surface area contributed by atoms with Crippen molar-refractivity contribution in [1.82, 2.24) is 20.3 Å². The van der Waals surface area contributed by atoms with Gasteiger partial charge in [0.1, 0.15) is 12.1 Å². The number of carboxylic acid groups (broad SMARTS) is 1. The van der Waals surface area contributed by atoms with Crippen molar-refractivity contribution in [2.45, 2.75) is 136 Å². The van der Waals surface area contributed by atoms with Crippen LogP contribution < -0.4 is 10.6 Å². The first kappa shape index (κ1) is 39.2. The summed E-state index contributed by atoms with van der Waals surface area (Å²) in [5, 5.41) is 12.2. The van der Waals surface area contributed by atoms with Gasteiger partial charge in [0.05, 0.1) is 37.8 Å². The van der Waals surface area contributed by atoms with Crippen LogP contribution in [0.25, 0.3) is 0 Å². The number of nitrogens with zero attached hydrogens (tertiary/aromatic N) is 4. The lowest BCUT2D eigenvalue weighted by Gasteiger charge is -2.52. The molecule has 2 unspecified atom stereocenters. The van der Waals surface area contributed by atoms with Crippen LogP contribution in [0.5, 0.6) is 0 Å². The van der Waals surface area contributed by atoms with Crippen LogP contribution in [0.2, 0.25) is 0 Å². The van der Waals surface area contributed by atoms with Crippen molar-refractivity contribution in [3.05, 3.63) is 0 Å². The molecule has 3 fully saturated rings. The summed E-state index contributed by atoms with van der Waals surface area (Å²) in [6, 6.07) is -2.00. The van der Waals surface area contributed by atoms with E-state index in [0.29, 0.717) is 17.5 Å². The normalized spacial score (nSPS) is 21.9. The molecule has 0 radical (unpaired) electrons. The summed E-state index contributed by atoms with van der Waals surface area (Å²) in [5.74, 6) is -0.719. The highest BCUT2D eigenvalue weighted by Gasteiger charge is 2.51. The highest BCUT2D eigenvalue weighted by molar-refractivity contribution is 7.80. The molecule has 3 aliphatic rings. The fourth-order valence-electron chi connectivity index (χ4n) is 7.97. The van der Waals surface area contributed by atoms with Gasteiger partial charge >= 0.3 is 16.4 Å². The number of fused-ring (bicyclic) bond motifs is 2. The molecule has 3 saturated heterocycles. The van der Waals surface area contributed by atoms with Gasteiger partial charge in [0.25, 0.3) is 5.91 Å². The zero-order valence-electron chi connectivity index (χ0n) is 29.3. The van der Waals surface area contributed by atoms with E-state index in [1.807, 2.05) is 0 Å². The smallest absolute Gasteiger partial charge is 0.418 e. The van der Waals surface area contributed by atoms with E-state index in [0.717, 1.165) is 81.9 Å². The van der Waals surface area contributed by atoms with Gasteiger partial charge in [0.2, 0.25) is 0 Å². The number of hydrogen-bond donors (Lipinski definition) is 2. The first-order valence-corrected chi connectivity index (χ1v) is 19.0. The predicted molar refractivity (Wildman–Crippen MR) is 174 cm³/mol. The van der Waals surface area contributed by atoms with Crippen LogP contribution >= 0.6 is 0 Å². The molecule has 2 bridgehead atoms. The number of piperidine rings is 1. The van der Waals surface area contributed by atoms with Gasteiger partial charge in [-0.2, -0.15) is 13.5 Å². The number of nitrogens with one attached hydrogen (secondary N) is 1. The van der Waals surface area contributed by atoms with Crippen LogP contribution in [0.4, 0.5) is 9.59 Å². The Kier molecular flexibility index (Phi) is 14.2. The highest BCUT2D eigenvalue weighted by atomic mass is 32.3. The summed E-state index contributed by atoms with van der Waals surface area (Å²) in [7, 11) is -4.91. The number of unbranched alkanes of at least 4 members (excludes halogenated alkanes) is 3. The van der Waals surface area contributed by atoms with Crippen LogP contribution in [0, 0.1) is 11.3 Å². The van der Waals surface area contributed by atoms with Crippen molar-refractivity contribution in [1.29, 1.82) is 0 Å². The molecule has 3 aliphatic heterocycles. The molecule has 0 aromatic carbocycles. The second kappa shape index (κ2) is 17.0. The SMILES string of the molecule is CCCC[N+](CCCC)(CCCC)C(CCC)CC(C)(C)C(ONC(=O)[C@@H]1CC[C@@H]2CN1C(=O)N2OS(=O)(=O)O)C1CN(C(=O)[O-])C1. The number of hydrogen-bond acceptors (Lipinski definition) is 8. The minimum Gasteiger partial charge on any atom is -0.530 e. The Morgan fingerprint density at radius 3 is 2.06 bits per heavy atom. The molecule has 2 N–H and O–H groups in total. The van der Waals surface area contributed by atoms with Gasteiger partial charge in [0, 0.05) is 32.0 Å². The Hall–Kier alpha value is -2.20. The summed E-state index contributed by atoms with van der Waals surface area (Å²) < 4.78 is 37.2. The fraction of sp³-hybridized carbons (Fsp3) is 0.906. The van der Waals surface area contributed by atoms with E-state index in [4.69, 9.17) is 9.39 Å². The molecule has 14 nitrogen and oxygen atoms in total. The first-order valence-electron chi connectivity index (χ1n) is 17.7. The maximum absolute atomic E-state index is 13.5. The molecule has 0 aromatic heterocycles. The Morgan fingerprint density at radius 2 is 1.57 bits per heavy atom. The standard InChI is InChI=1S/C32H59N5O9S/c1-7-11-17-37(18-12-8-2,19-13-9-3)26(14-10-4)20-32(5,6)28(24-21-34(22-24)31(40)41)45-33-29(38)27-16-15-25-23-35(27)30(39)36(25)46-47(42,43)44/h24-28H,7-23H2,1-6H3,(H2-,33,38,40,41,42,43,44)/t25-,26?,27+,28?/m1/s1. The van der Waals surface area contributed by atoms with Crippen molar-refractivity contribution in [3.63, 3.8) is 0 Å². The van der Waals surface area contributed by atoms with Crippen molar-refractivity contribution < 1.29 is 46.1 Å². The molecule has 0 aromatic rings. The summed E-state index contributed by atoms with van der Waals surface area (Å²) in [6.45, 7) is 17.1. The second-order valence-electron chi connectivity index (χ2n) is 14.5. The molecule has 47 heavy (non-hydrogen) atoms. The largest absolute Gasteiger partial charge is 0.530 e. The quantitative estimate of drug-likeness (QED) is 0.104. The van der Waals surface area contributed by atoms with Crippen molar-refractivity contribution in [3.8, 4) is 0 Å². The van der Waals surface area contributed by atoms with E-state index in [2.05, 4.69) is 51.3 Å². The van der Waals surface area contributed by atoms with Gasteiger partial charge in [-0.05, 0) is 43.9 Å². The zero-order valence-corrected chi connectivity index (χ0v) is 30.1. The summed E-state index contributed by atoms with van der Waals surface area (Å²) in [5.41, 5.74) is 2.17. The topological polar surface area (TPSA) is 169 Å². The van der Waals surface area contributed by atoms with Gasteiger partial charge in [-0.3, -0.25) is 14.2 Å². The summed E-state index contributed by atoms with van der Waals surface area (Å²) in [4.78, 5) is 46.7. The van der Waals surface area contributed by atoms with E-state index >= 15 is 0 Å². The second-order valence-corrected chi connectivity index (χ2v) is 15.5. The number of urea groups is 1. The lowest BCUT2D eigenvalue weighted by atomic mass is 9.71. The molecular weight excluding hydrogens is 630 g/mol. The molecule has 0 saturated carbocycles. The highest BCUT2D eigenvalue weighted by Crippen LogP contribution is 2.41. The maximum Gasteiger partial charge on any atom is 0.418 e. The molecule has 3 rings (SSSR count). The lowest BCUT2D eigenvalue weighted by Crippen LogP contribution is -2.63. The number of quaternary nitrogens is 1. The van der Waals surface area contributed by atoms with E-state index in [9.17, 15) is 27.9 Å². The molecule has 272 valence electrons. The Balaban J connectivity index is 1.83. The number of hydroxylamine groups is 3. The van der Waals surface area contributed by atoms with Crippen molar-refractivity contribution >= 4 is 28.4 Å². The van der Waals surface area contributed by atoms with E-state index in [1.54, 1.807) is 0 Å². The molecule has 15 heteroatoms. The van der Waals surface area contributed by atoms with E-state index in [-0.39, 0.29) is 32.0 Å². The Labute approximate surface area is 281 Å². The van der Waals surface area contributed by atoms with Crippen LogP contribution in [0.3, 0.4) is 0 Å². The fourth-order valence-corrected chi connectivity index (χ4v) is 8.36. The molecular formula is C32H59N5O9S. The lowest BCUT2D eigenvalue weighted by molar-refractivity contribution is -0.953. The van der Waals surface area contributed by atoms with Gasteiger partial charge in [0.15, 0.2) is 0 Å². The molecule has 0 aliphatic carbocycles. The summed E-state index contributed by atoms with van der Waals surface area (Å²) in [6.07, 6.45) is 8.54. The average Bonchev–Trinajstić information content (AvgIpc) is 3.20. The minimum atomic E-state index is -4.91. The third kappa shape index (κ3) is 9.93. The third-order valence-corrected chi connectivity index (χ3v) is 10.8. The summed E-state index contributed by atoms with van der Waals surface area (Å²) >= 11 is 0. The number of rotatable bonds is 21. The van der Waals surface area contributed by atoms with Crippen LogP contribution in [-0.4, -0.2) is 114 Å². The number of carbonyl (C=O) groups is 3. The van der Waals surface area contributed by atoms with Crippen LogP contribution in [0.1, 0.15) is 112 Å². The van der Waals surface area contributed by atoms with Crippen LogP contribution in [0.15, 0.2) is 0 Å². The van der Waals surface area contributed by atoms with Crippen molar-refractivity contribution in [2.75, 3.05) is 39.3 Å². The molecule has 0 spiro atoms. The predicted octanol–water partition coefficient (Wildman–Crippen LogP) is 3.48. The Morgan fingerprint density at radius 1 is 1.00 bits per heavy atom. The maximum atomic E-state index is 13.5. The Bertz CT molecular complexity index is 1140. The molecule has 4 amide bonds. The number of carbonyl (C=O) groups excluding carboxylic acids is 3. The molecule has 4 atom stereocenters. The van der Waals surface area contributed by atoms with E-state index < -0.39 is 52.0 Å². The van der Waals surface area contributed by atoms with Gasteiger partial charge in [-0.25, -0.2) is 10.3 Å². The monoisotopic (exact) mass is 689 g/mol. The third-order valence-electron chi connectivity index (χ3n) is 10.5. The number of amides is 4. The van der Waals surface area contributed by atoms with Gasteiger partial charge < -0.3 is 24.2 Å². The first-order chi connectivity index (χ1) is 22.1. The van der Waals surface area contributed by atoms with Gasteiger partial charge in [-0.1, -0.05) is 67.2 Å². The average molecular weight is 690 g/mol. The van der Waals surface area contributed by atoms with Gasteiger partial charge in [-0.15, -0.1) is 4.28 Å². The molecule has 3 heterocycles.